The Balaban J connectivity index is 2.57. The van der Waals surface area contributed by atoms with Gasteiger partial charge in [-0.3, -0.25) is 10.1 Å². The number of nitriles is 1. The minimum atomic E-state index is -0.349. The molecule has 0 aromatic heterocycles. The molecule has 1 aliphatic rings. The quantitative estimate of drug-likeness (QED) is 0.590. The maximum atomic E-state index is 11.1. The van der Waals surface area contributed by atoms with E-state index in [9.17, 15) is 10.1 Å². The van der Waals surface area contributed by atoms with Gasteiger partial charge in [-0.2, -0.15) is 5.26 Å². The van der Waals surface area contributed by atoms with Crippen molar-refractivity contribution < 1.29 is 4.92 Å². The molecule has 4 nitrogen and oxygen atoms in total. The third-order valence-corrected chi connectivity index (χ3v) is 3.69. The molecule has 0 aliphatic heterocycles. The number of benzene rings is 1. The van der Waals surface area contributed by atoms with Crippen LogP contribution in [0.2, 0.25) is 0 Å². The van der Waals surface area contributed by atoms with Gasteiger partial charge in [0.05, 0.1) is 16.6 Å². The van der Waals surface area contributed by atoms with Crippen molar-refractivity contribution in [2.45, 2.75) is 26.7 Å². The first-order valence-corrected chi connectivity index (χ1v) is 7.47. The summed E-state index contributed by atoms with van der Waals surface area (Å²) in [5.74, 6) is 0. The second-order valence-electron chi connectivity index (χ2n) is 5.32. The predicted octanol–water partition coefficient (Wildman–Crippen LogP) is 4.88. The van der Waals surface area contributed by atoms with Crippen LogP contribution in [-0.4, -0.2) is 4.92 Å². The van der Waals surface area contributed by atoms with E-state index in [1.165, 1.54) is 0 Å². The summed E-state index contributed by atoms with van der Waals surface area (Å²) in [7, 11) is 0. The van der Waals surface area contributed by atoms with Crippen molar-refractivity contribution in [2.75, 3.05) is 0 Å². The van der Waals surface area contributed by atoms with Gasteiger partial charge in [-0.25, -0.2) is 0 Å². The average molecular weight is 306 g/mol. The zero-order valence-corrected chi connectivity index (χ0v) is 13.2. The Morgan fingerprint density at radius 1 is 1.30 bits per heavy atom. The molecule has 0 unspecified atom stereocenters. The number of hydrogen-bond donors (Lipinski definition) is 0. The van der Waals surface area contributed by atoms with Crippen molar-refractivity contribution in [3.05, 3.63) is 80.6 Å². The second-order valence-corrected chi connectivity index (χ2v) is 5.32. The highest BCUT2D eigenvalue weighted by molar-refractivity contribution is 5.84. The molecule has 0 amide bonds. The van der Waals surface area contributed by atoms with Gasteiger partial charge in [-0.15, -0.1) is 0 Å². The molecule has 0 saturated heterocycles. The van der Waals surface area contributed by atoms with Crippen LogP contribution in [0.3, 0.4) is 0 Å². The van der Waals surface area contributed by atoms with E-state index < -0.39 is 0 Å². The van der Waals surface area contributed by atoms with E-state index >= 15 is 0 Å². The SMILES string of the molecule is C/C=C/c1cc(C#N)ccc1C1=C/CCC=C([N+](=O)[O-])/C=C\1C. The summed E-state index contributed by atoms with van der Waals surface area (Å²) >= 11 is 0. The van der Waals surface area contributed by atoms with Crippen LogP contribution in [0.1, 0.15) is 43.4 Å². The van der Waals surface area contributed by atoms with Gasteiger partial charge in [0.2, 0.25) is 0 Å². The maximum Gasteiger partial charge on any atom is 0.265 e. The van der Waals surface area contributed by atoms with Crippen molar-refractivity contribution in [3.63, 3.8) is 0 Å². The summed E-state index contributed by atoms with van der Waals surface area (Å²) in [5.41, 5.74) is 4.49. The van der Waals surface area contributed by atoms with Crippen LogP contribution in [-0.2, 0) is 0 Å². The van der Waals surface area contributed by atoms with Crippen LogP contribution in [0.4, 0.5) is 0 Å². The van der Waals surface area contributed by atoms with Gasteiger partial charge >= 0.3 is 0 Å². The van der Waals surface area contributed by atoms with E-state index in [0.717, 1.165) is 28.7 Å². The van der Waals surface area contributed by atoms with Crippen LogP contribution >= 0.6 is 0 Å². The van der Waals surface area contributed by atoms with Gasteiger partial charge in [0.25, 0.3) is 5.70 Å². The van der Waals surface area contributed by atoms with E-state index in [0.29, 0.717) is 12.0 Å². The molecule has 23 heavy (non-hydrogen) atoms. The molecular weight excluding hydrogens is 288 g/mol. The number of allylic oxidation sites excluding steroid dienone is 6. The Kier molecular flexibility index (Phi) is 5.27. The third-order valence-electron chi connectivity index (χ3n) is 3.69. The smallest absolute Gasteiger partial charge is 0.258 e. The molecule has 116 valence electrons. The predicted molar refractivity (Wildman–Crippen MR) is 91.9 cm³/mol. The van der Waals surface area contributed by atoms with Crippen molar-refractivity contribution in [1.82, 2.24) is 0 Å². The maximum absolute atomic E-state index is 11.1. The molecule has 0 spiro atoms. The highest BCUT2D eigenvalue weighted by Crippen LogP contribution is 2.30. The normalized spacial score (nSPS) is 19.6. The molecule has 0 saturated carbocycles. The first-order valence-electron chi connectivity index (χ1n) is 7.47. The number of hydrogen-bond acceptors (Lipinski definition) is 3. The first-order chi connectivity index (χ1) is 11.1. The van der Waals surface area contributed by atoms with Gasteiger partial charge < -0.3 is 0 Å². The molecule has 0 atom stereocenters. The largest absolute Gasteiger partial charge is 0.265 e. The van der Waals surface area contributed by atoms with Crippen LogP contribution in [0, 0.1) is 21.4 Å². The fourth-order valence-electron chi connectivity index (χ4n) is 2.62. The van der Waals surface area contributed by atoms with E-state index in [4.69, 9.17) is 5.26 Å². The van der Waals surface area contributed by atoms with Crippen LogP contribution in [0.15, 0.2) is 53.8 Å². The van der Waals surface area contributed by atoms with Crippen molar-refractivity contribution >= 4 is 11.6 Å². The Hall–Kier alpha value is -2.93. The fraction of sp³-hybridized carbons (Fsp3) is 0.211. The molecule has 1 aromatic rings. The second kappa shape index (κ2) is 7.37. The lowest BCUT2D eigenvalue weighted by Gasteiger charge is -2.14. The lowest BCUT2D eigenvalue weighted by atomic mass is 9.90. The summed E-state index contributed by atoms with van der Waals surface area (Å²) < 4.78 is 0. The fourth-order valence-corrected chi connectivity index (χ4v) is 2.62. The number of nitrogens with zero attached hydrogens (tertiary/aromatic N) is 2. The molecule has 0 bridgehead atoms. The lowest BCUT2D eigenvalue weighted by molar-refractivity contribution is -0.419. The van der Waals surface area contributed by atoms with E-state index in [1.54, 1.807) is 18.2 Å². The summed E-state index contributed by atoms with van der Waals surface area (Å²) in [5, 5.41) is 20.2. The van der Waals surface area contributed by atoms with Crippen LogP contribution in [0.25, 0.3) is 11.6 Å². The summed E-state index contributed by atoms with van der Waals surface area (Å²) in [4.78, 5) is 10.7. The standard InChI is InChI=1S/C19H18N2O2/c1-3-6-16-12-15(13-20)9-10-19(16)18-8-5-4-7-17(21(22)23)11-14(18)2/h3,6-12H,4-5H2,1-2H3/b6-3+,14-11-,17-7?,18-8+. The summed E-state index contributed by atoms with van der Waals surface area (Å²) in [6, 6.07) is 7.67. The van der Waals surface area contributed by atoms with Gasteiger partial charge in [0.15, 0.2) is 0 Å². The topological polar surface area (TPSA) is 66.9 Å². The molecule has 0 fully saturated rings. The molecule has 0 N–H and O–H groups in total. The van der Waals surface area contributed by atoms with E-state index in [-0.39, 0.29) is 10.6 Å². The average Bonchev–Trinajstić information content (AvgIpc) is 2.52. The van der Waals surface area contributed by atoms with Crippen LogP contribution < -0.4 is 0 Å². The summed E-state index contributed by atoms with van der Waals surface area (Å²) in [6.07, 6.45) is 10.6. The highest BCUT2D eigenvalue weighted by Gasteiger charge is 2.14. The monoisotopic (exact) mass is 306 g/mol. The molecule has 1 aliphatic carbocycles. The molecule has 0 heterocycles. The molecule has 4 heteroatoms. The number of nitro groups is 1. The first kappa shape index (κ1) is 16.4. The van der Waals surface area contributed by atoms with E-state index in [2.05, 4.69) is 12.1 Å². The Morgan fingerprint density at radius 2 is 2.04 bits per heavy atom. The Bertz CT molecular complexity index is 790. The third kappa shape index (κ3) is 3.83. The van der Waals surface area contributed by atoms with Crippen molar-refractivity contribution in [2.24, 2.45) is 0 Å². The van der Waals surface area contributed by atoms with Gasteiger partial charge in [-0.1, -0.05) is 24.3 Å². The minimum absolute atomic E-state index is 0.134. The zero-order chi connectivity index (χ0) is 16.8. The molecule has 0 radical (unpaired) electrons. The van der Waals surface area contributed by atoms with E-state index in [1.807, 2.05) is 38.1 Å². The van der Waals surface area contributed by atoms with Crippen molar-refractivity contribution in [3.8, 4) is 6.07 Å². The Morgan fingerprint density at radius 3 is 2.70 bits per heavy atom. The lowest BCUT2D eigenvalue weighted by Crippen LogP contribution is -2.00. The number of rotatable bonds is 3. The van der Waals surface area contributed by atoms with Gasteiger partial charge in [0.1, 0.15) is 0 Å². The Labute approximate surface area is 135 Å². The van der Waals surface area contributed by atoms with Gasteiger partial charge in [0, 0.05) is 6.08 Å². The molecule has 2 rings (SSSR count). The highest BCUT2D eigenvalue weighted by atomic mass is 16.6. The minimum Gasteiger partial charge on any atom is -0.258 e. The molecular formula is C19H18N2O2. The summed E-state index contributed by atoms with van der Waals surface area (Å²) in [6.45, 7) is 3.80. The molecule has 1 aromatic carbocycles. The van der Waals surface area contributed by atoms with Crippen LogP contribution in [0.5, 0.6) is 0 Å². The zero-order valence-electron chi connectivity index (χ0n) is 13.2. The van der Waals surface area contributed by atoms with Gasteiger partial charge in [-0.05, 0) is 67.2 Å². The van der Waals surface area contributed by atoms with Crippen molar-refractivity contribution in [1.29, 1.82) is 5.26 Å².